The van der Waals surface area contributed by atoms with E-state index < -0.39 is 0 Å². The lowest BCUT2D eigenvalue weighted by Gasteiger charge is -2.12. The molecule has 0 spiro atoms. The molecule has 128 valence electrons. The summed E-state index contributed by atoms with van der Waals surface area (Å²) >= 11 is 6.14. The van der Waals surface area contributed by atoms with Crippen molar-refractivity contribution in [2.75, 3.05) is 13.1 Å². The molecule has 4 nitrogen and oxygen atoms in total. The lowest BCUT2D eigenvalue weighted by atomic mass is 10.1. The summed E-state index contributed by atoms with van der Waals surface area (Å²) < 4.78 is 5.85. The van der Waals surface area contributed by atoms with Crippen molar-refractivity contribution in [3.63, 3.8) is 0 Å². The molecule has 2 N–H and O–H groups in total. The second-order valence-electron chi connectivity index (χ2n) is 5.21. The molecule has 0 saturated carbocycles. The zero-order valence-electron chi connectivity index (χ0n) is 14.2. The molecule has 5 heteroatoms. The Balaban J connectivity index is 2.07. The first-order valence-electron chi connectivity index (χ1n) is 8.20. The van der Waals surface area contributed by atoms with Gasteiger partial charge >= 0.3 is 0 Å². The van der Waals surface area contributed by atoms with Gasteiger partial charge in [-0.1, -0.05) is 48.0 Å². The molecule has 0 aliphatic heterocycles. The second kappa shape index (κ2) is 9.83. The zero-order chi connectivity index (χ0) is 17.2. The normalized spacial score (nSPS) is 10.1. The lowest BCUT2D eigenvalue weighted by Crippen LogP contribution is -2.37. The predicted octanol–water partition coefficient (Wildman–Crippen LogP) is 3.99. The highest BCUT2D eigenvalue weighted by molar-refractivity contribution is 6.32. The molecule has 24 heavy (non-hydrogen) atoms. The van der Waals surface area contributed by atoms with E-state index in [1.807, 2.05) is 36.4 Å². The third kappa shape index (κ3) is 5.46. The first kappa shape index (κ1) is 18.1. The first-order valence-corrected chi connectivity index (χ1v) is 8.58. The standard InChI is InChI=1S/C19H24ClN3O/c1-3-21-19(22-4-2)23-13-15-9-5-6-10-16(15)14-24-18-12-8-7-11-17(18)20/h5-12H,3-4,13-14H2,1-2H3,(H2,21,22,23). The summed E-state index contributed by atoms with van der Waals surface area (Å²) in [6, 6.07) is 15.7. The molecule has 2 aromatic rings. The summed E-state index contributed by atoms with van der Waals surface area (Å²) in [5, 5.41) is 7.08. The van der Waals surface area contributed by atoms with Gasteiger partial charge in [-0.3, -0.25) is 0 Å². The van der Waals surface area contributed by atoms with E-state index in [4.69, 9.17) is 16.3 Å². The third-order valence-corrected chi connectivity index (χ3v) is 3.75. The Labute approximate surface area is 148 Å². The van der Waals surface area contributed by atoms with Crippen LogP contribution in [0.2, 0.25) is 5.02 Å². The number of guanidine groups is 1. The molecule has 0 bridgehead atoms. The van der Waals surface area contributed by atoms with E-state index in [0.717, 1.165) is 30.2 Å². The highest BCUT2D eigenvalue weighted by Gasteiger charge is 2.05. The minimum absolute atomic E-state index is 0.465. The monoisotopic (exact) mass is 345 g/mol. The maximum absolute atomic E-state index is 6.14. The molecule has 0 heterocycles. The average Bonchev–Trinajstić information content (AvgIpc) is 2.60. The van der Waals surface area contributed by atoms with Gasteiger partial charge in [0.15, 0.2) is 5.96 Å². The molecule has 0 atom stereocenters. The summed E-state index contributed by atoms with van der Waals surface area (Å²) in [7, 11) is 0. The third-order valence-electron chi connectivity index (χ3n) is 3.43. The molecule has 0 aromatic heterocycles. The summed E-state index contributed by atoms with van der Waals surface area (Å²) in [5.41, 5.74) is 2.24. The van der Waals surface area contributed by atoms with Gasteiger partial charge in [-0.25, -0.2) is 4.99 Å². The Hall–Kier alpha value is -2.20. The van der Waals surface area contributed by atoms with E-state index in [9.17, 15) is 0 Å². The zero-order valence-corrected chi connectivity index (χ0v) is 14.9. The van der Waals surface area contributed by atoms with Crippen LogP contribution in [-0.4, -0.2) is 19.0 Å². The van der Waals surface area contributed by atoms with Crippen molar-refractivity contribution in [2.45, 2.75) is 27.0 Å². The molecule has 0 saturated heterocycles. The smallest absolute Gasteiger partial charge is 0.191 e. The number of hydrogen-bond acceptors (Lipinski definition) is 2. The van der Waals surface area contributed by atoms with Gasteiger partial charge in [0.1, 0.15) is 12.4 Å². The Kier molecular flexibility index (Phi) is 7.43. The Morgan fingerprint density at radius 3 is 2.25 bits per heavy atom. The van der Waals surface area contributed by atoms with Crippen molar-refractivity contribution >= 4 is 17.6 Å². The van der Waals surface area contributed by atoms with Crippen LogP contribution in [0.25, 0.3) is 0 Å². The van der Waals surface area contributed by atoms with Crippen molar-refractivity contribution < 1.29 is 4.74 Å². The molecule has 0 fully saturated rings. The van der Waals surface area contributed by atoms with E-state index in [-0.39, 0.29) is 0 Å². The van der Waals surface area contributed by atoms with Crippen molar-refractivity contribution in [1.82, 2.24) is 10.6 Å². The second-order valence-corrected chi connectivity index (χ2v) is 5.62. The predicted molar refractivity (Wildman–Crippen MR) is 101 cm³/mol. The molecule has 0 radical (unpaired) electrons. The van der Waals surface area contributed by atoms with E-state index in [1.165, 1.54) is 0 Å². The Bertz CT molecular complexity index is 665. The van der Waals surface area contributed by atoms with Gasteiger partial charge < -0.3 is 15.4 Å². The van der Waals surface area contributed by atoms with Crippen molar-refractivity contribution in [3.8, 4) is 5.75 Å². The maximum atomic E-state index is 6.14. The molecule has 2 aromatic carbocycles. The molecule has 2 rings (SSSR count). The number of ether oxygens (including phenoxy) is 1. The molecule has 0 unspecified atom stereocenters. The Morgan fingerprint density at radius 2 is 1.58 bits per heavy atom. The van der Waals surface area contributed by atoms with Crippen LogP contribution in [0.3, 0.4) is 0 Å². The van der Waals surface area contributed by atoms with Crippen LogP contribution in [0.1, 0.15) is 25.0 Å². The van der Waals surface area contributed by atoms with Crippen LogP contribution >= 0.6 is 11.6 Å². The van der Waals surface area contributed by atoms with Gasteiger partial charge in [-0.15, -0.1) is 0 Å². The van der Waals surface area contributed by atoms with Crippen molar-refractivity contribution in [2.24, 2.45) is 4.99 Å². The molecule has 0 aliphatic carbocycles. The SMILES string of the molecule is CCNC(=NCc1ccccc1COc1ccccc1Cl)NCC. The molecule has 0 amide bonds. The average molecular weight is 346 g/mol. The van der Waals surface area contributed by atoms with Crippen molar-refractivity contribution in [3.05, 3.63) is 64.7 Å². The van der Waals surface area contributed by atoms with Crippen LogP contribution in [0, 0.1) is 0 Å². The highest BCUT2D eigenvalue weighted by atomic mass is 35.5. The fourth-order valence-electron chi connectivity index (χ4n) is 2.24. The van der Waals surface area contributed by atoms with Crippen LogP contribution in [-0.2, 0) is 13.2 Å². The minimum atomic E-state index is 0.465. The van der Waals surface area contributed by atoms with Gasteiger partial charge in [0.2, 0.25) is 0 Å². The molecular weight excluding hydrogens is 322 g/mol. The number of nitrogens with one attached hydrogen (secondary N) is 2. The van der Waals surface area contributed by atoms with Crippen LogP contribution < -0.4 is 15.4 Å². The van der Waals surface area contributed by atoms with E-state index in [2.05, 4.69) is 41.6 Å². The lowest BCUT2D eigenvalue weighted by molar-refractivity contribution is 0.305. The van der Waals surface area contributed by atoms with Gasteiger partial charge in [0, 0.05) is 13.1 Å². The first-order chi connectivity index (χ1) is 11.7. The minimum Gasteiger partial charge on any atom is -0.487 e. The number of halogens is 1. The summed E-state index contributed by atoms with van der Waals surface area (Å²) in [4.78, 5) is 4.62. The van der Waals surface area contributed by atoms with Gasteiger partial charge in [0.25, 0.3) is 0 Å². The van der Waals surface area contributed by atoms with Crippen LogP contribution in [0.15, 0.2) is 53.5 Å². The maximum Gasteiger partial charge on any atom is 0.191 e. The fourth-order valence-corrected chi connectivity index (χ4v) is 2.43. The van der Waals surface area contributed by atoms with Gasteiger partial charge in [-0.05, 0) is 37.1 Å². The quantitative estimate of drug-likeness (QED) is 0.589. The summed E-state index contributed by atoms with van der Waals surface area (Å²) in [6.07, 6.45) is 0. The summed E-state index contributed by atoms with van der Waals surface area (Å²) in [6.45, 7) is 6.84. The molecule has 0 aliphatic rings. The number of nitrogens with zero attached hydrogens (tertiary/aromatic N) is 1. The van der Waals surface area contributed by atoms with Gasteiger partial charge in [0.05, 0.1) is 11.6 Å². The number of benzene rings is 2. The van der Waals surface area contributed by atoms with Gasteiger partial charge in [-0.2, -0.15) is 0 Å². The highest BCUT2D eigenvalue weighted by Crippen LogP contribution is 2.24. The Morgan fingerprint density at radius 1 is 0.958 bits per heavy atom. The van der Waals surface area contributed by atoms with Crippen LogP contribution in [0.4, 0.5) is 0 Å². The largest absolute Gasteiger partial charge is 0.487 e. The summed E-state index contributed by atoms with van der Waals surface area (Å²) in [5.74, 6) is 1.51. The molecular formula is C19H24ClN3O. The number of aliphatic imine (C=N–C) groups is 1. The number of rotatable bonds is 7. The van der Waals surface area contributed by atoms with Crippen molar-refractivity contribution in [1.29, 1.82) is 0 Å². The van der Waals surface area contributed by atoms with E-state index in [0.29, 0.717) is 23.9 Å². The number of para-hydroxylation sites is 1. The van der Waals surface area contributed by atoms with E-state index in [1.54, 1.807) is 0 Å². The van der Waals surface area contributed by atoms with E-state index >= 15 is 0 Å². The topological polar surface area (TPSA) is 45.7 Å². The fraction of sp³-hybridized carbons (Fsp3) is 0.316. The van der Waals surface area contributed by atoms with Crippen LogP contribution in [0.5, 0.6) is 5.75 Å². The number of hydrogen-bond donors (Lipinski definition) is 2.